The molecule has 2 N–H and O–H groups in total. The number of nitrogens with one attached hydrogen (secondary N) is 1. The first kappa shape index (κ1) is 21.7. The van der Waals surface area contributed by atoms with Gasteiger partial charge in [0.2, 0.25) is 0 Å². The van der Waals surface area contributed by atoms with Gasteiger partial charge in [-0.25, -0.2) is 9.18 Å². The molecule has 0 amide bonds. The van der Waals surface area contributed by atoms with Crippen LogP contribution >= 0.6 is 0 Å². The molecule has 3 heterocycles. The standard InChI is InChI=1S/C25H21FN4O4/c1-4-16-18(26)6-5-14-11-15(31)12-17(19(14)16)22-13(2)21-20(24(32)34-22)23(29-25(28-21)33-3)30-9-7-27-8-10-30/h1,5-6,11-12,27,31H,7-10H2,2-3H3. The summed E-state index contributed by atoms with van der Waals surface area (Å²) in [5, 5.41) is 14.7. The summed E-state index contributed by atoms with van der Waals surface area (Å²) in [5.74, 6) is 2.27. The van der Waals surface area contributed by atoms with Crippen molar-refractivity contribution in [3.05, 3.63) is 51.6 Å². The van der Waals surface area contributed by atoms with Crippen molar-refractivity contribution in [2.45, 2.75) is 6.92 Å². The monoisotopic (exact) mass is 460 g/mol. The summed E-state index contributed by atoms with van der Waals surface area (Å²) in [4.78, 5) is 24.2. The van der Waals surface area contributed by atoms with Gasteiger partial charge in [0.1, 0.15) is 22.7 Å². The van der Waals surface area contributed by atoms with Crippen molar-refractivity contribution >= 4 is 27.5 Å². The van der Waals surface area contributed by atoms with Gasteiger partial charge >= 0.3 is 11.6 Å². The number of anilines is 1. The molecule has 0 unspecified atom stereocenters. The smallest absolute Gasteiger partial charge is 0.349 e. The number of nitrogens with zero attached hydrogens (tertiary/aromatic N) is 3. The number of aryl methyl sites for hydroxylation is 1. The van der Waals surface area contributed by atoms with Crippen LogP contribution in [0.15, 0.2) is 33.5 Å². The topological polar surface area (TPSA) is 101 Å². The predicted octanol–water partition coefficient (Wildman–Crippen LogP) is 2.96. The molecule has 0 aliphatic carbocycles. The number of ether oxygens (including phenoxy) is 1. The molecule has 0 atom stereocenters. The minimum absolute atomic E-state index is 0.0106. The van der Waals surface area contributed by atoms with Crippen LogP contribution in [0.1, 0.15) is 11.1 Å². The van der Waals surface area contributed by atoms with Crippen LogP contribution < -0.4 is 20.6 Å². The Morgan fingerprint density at radius 1 is 1.24 bits per heavy atom. The Kier molecular flexibility index (Phi) is 5.30. The summed E-state index contributed by atoms with van der Waals surface area (Å²) in [6.07, 6.45) is 5.61. The Labute approximate surface area is 194 Å². The summed E-state index contributed by atoms with van der Waals surface area (Å²) < 4.78 is 25.7. The number of hydrogen-bond acceptors (Lipinski definition) is 8. The molecule has 2 aromatic carbocycles. The van der Waals surface area contributed by atoms with Crippen LogP contribution in [0.2, 0.25) is 0 Å². The molecule has 9 heteroatoms. The van der Waals surface area contributed by atoms with E-state index in [2.05, 4.69) is 21.2 Å². The quantitative estimate of drug-likeness (QED) is 0.450. The molecule has 1 aliphatic heterocycles. The molecule has 0 bridgehead atoms. The van der Waals surface area contributed by atoms with E-state index in [9.17, 15) is 14.3 Å². The molecule has 172 valence electrons. The van der Waals surface area contributed by atoms with Gasteiger partial charge in [-0.15, -0.1) is 6.42 Å². The molecule has 1 aliphatic rings. The van der Waals surface area contributed by atoms with Gasteiger partial charge in [0.05, 0.1) is 18.2 Å². The van der Waals surface area contributed by atoms with Gasteiger partial charge in [-0.1, -0.05) is 12.0 Å². The third-order valence-electron chi connectivity index (χ3n) is 6.00. The SMILES string of the molecule is C#Cc1c(F)ccc2cc(O)cc(-c3oc(=O)c4c(N5CCNCC5)nc(OC)nc4c3C)c12. The van der Waals surface area contributed by atoms with E-state index in [0.717, 1.165) is 13.1 Å². The molecule has 1 fully saturated rings. The Morgan fingerprint density at radius 2 is 2.00 bits per heavy atom. The van der Waals surface area contributed by atoms with E-state index < -0.39 is 11.4 Å². The lowest BCUT2D eigenvalue weighted by molar-refractivity contribution is 0.381. The summed E-state index contributed by atoms with van der Waals surface area (Å²) in [5.41, 5.74) is 0.506. The number of piperazine rings is 1. The van der Waals surface area contributed by atoms with Crippen molar-refractivity contribution in [3.8, 4) is 35.4 Å². The highest BCUT2D eigenvalue weighted by molar-refractivity contribution is 6.03. The maximum Gasteiger partial charge on any atom is 0.349 e. The number of terminal acetylenes is 1. The highest BCUT2D eigenvalue weighted by Crippen LogP contribution is 2.39. The number of phenols is 1. The second-order valence-corrected chi connectivity index (χ2v) is 8.00. The lowest BCUT2D eigenvalue weighted by Gasteiger charge is -2.29. The number of benzene rings is 2. The van der Waals surface area contributed by atoms with Crippen LogP contribution in [0.5, 0.6) is 11.8 Å². The number of methoxy groups -OCH3 is 1. The Hall–Kier alpha value is -4.16. The summed E-state index contributed by atoms with van der Waals surface area (Å²) in [7, 11) is 1.45. The fourth-order valence-electron chi connectivity index (χ4n) is 4.41. The van der Waals surface area contributed by atoms with Crippen molar-refractivity contribution < 1.29 is 18.7 Å². The second kappa shape index (κ2) is 8.32. The van der Waals surface area contributed by atoms with E-state index in [1.807, 2.05) is 4.90 Å². The molecular weight excluding hydrogens is 439 g/mol. The third kappa shape index (κ3) is 3.40. The fourth-order valence-corrected chi connectivity index (χ4v) is 4.41. The van der Waals surface area contributed by atoms with Gasteiger partial charge < -0.3 is 24.5 Å². The van der Waals surface area contributed by atoms with Crippen molar-refractivity contribution in [2.24, 2.45) is 0 Å². The van der Waals surface area contributed by atoms with Crippen LogP contribution in [-0.4, -0.2) is 48.4 Å². The van der Waals surface area contributed by atoms with E-state index in [1.54, 1.807) is 6.92 Å². The lowest BCUT2D eigenvalue weighted by atomic mass is 9.95. The highest BCUT2D eigenvalue weighted by atomic mass is 19.1. The minimum Gasteiger partial charge on any atom is -0.508 e. The van der Waals surface area contributed by atoms with Gasteiger partial charge in [-0.05, 0) is 30.5 Å². The third-order valence-corrected chi connectivity index (χ3v) is 6.00. The van der Waals surface area contributed by atoms with Gasteiger partial charge in [0, 0.05) is 42.7 Å². The second-order valence-electron chi connectivity index (χ2n) is 8.00. The van der Waals surface area contributed by atoms with Crippen LogP contribution in [0.3, 0.4) is 0 Å². The lowest BCUT2D eigenvalue weighted by Crippen LogP contribution is -2.44. The average Bonchev–Trinajstić information content (AvgIpc) is 2.85. The van der Waals surface area contributed by atoms with E-state index in [0.29, 0.717) is 46.3 Å². The summed E-state index contributed by atoms with van der Waals surface area (Å²) >= 11 is 0. The van der Waals surface area contributed by atoms with Gasteiger partial charge in [0.25, 0.3) is 0 Å². The molecule has 4 aromatic rings. The maximum atomic E-state index is 14.6. The van der Waals surface area contributed by atoms with Crippen LogP contribution in [-0.2, 0) is 0 Å². The van der Waals surface area contributed by atoms with E-state index >= 15 is 0 Å². The van der Waals surface area contributed by atoms with E-state index in [1.165, 1.54) is 31.4 Å². The number of fused-ring (bicyclic) bond motifs is 2. The zero-order chi connectivity index (χ0) is 24.0. The van der Waals surface area contributed by atoms with Crippen LogP contribution in [0.4, 0.5) is 10.2 Å². The summed E-state index contributed by atoms with van der Waals surface area (Å²) in [6.45, 7) is 4.52. The van der Waals surface area contributed by atoms with Crippen LogP contribution in [0.25, 0.3) is 33.0 Å². The summed E-state index contributed by atoms with van der Waals surface area (Å²) in [6, 6.07) is 5.73. The molecule has 5 rings (SSSR count). The fraction of sp³-hybridized carbons (Fsp3) is 0.240. The number of halogens is 1. The Morgan fingerprint density at radius 3 is 2.71 bits per heavy atom. The Balaban J connectivity index is 1.87. The number of hydrogen-bond donors (Lipinski definition) is 2. The minimum atomic E-state index is -0.651. The first-order valence-electron chi connectivity index (χ1n) is 10.7. The first-order valence-corrected chi connectivity index (χ1v) is 10.7. The first-order chi connectivity index (χ1) is 16.4. The molecule has 34 heavy (non-hydrogen) atoms. The molecule has 2 aromatic heterocycles. The molecule has 8 nitrogen and oxygen atoms in total. The van der Waals surface area contributed by atoms with Crippen molar-refractivity contribution in [1.29, 1.82) is 0 Å². The molecule has 0 spiro atoms. The largest absolute Gasteiger partial charge is 0.508 e. The molecule has 0 radical (unpaired) electrons. The van der Waals surface area contributed by atoms with Gasteiger partial charge in [-0.2, -0.15) is 9.97 Å². The molecule has 1 saturated heterocycles. The van der Waals surface area contributed by atoms with E-state index in [4.69, 9.17) is 15.6 Å². The number of aromatic hydroxyl groups is 1. The molecular formula is C25H21FN4O4. The zero-order valence-electron chi connectivity index (χ0n) is 18.6. The zero-order valence-corrected chi connectivity index (χ0v) is 18.6. The molecule has 0 saturated carbocycles. The Bertz CT molecular complexity index is 1550. The van der Waals surface area contributed by atoms with Gasteiger partial charge in [0.15, 0.2) is 5.82 Å². The van der Waals surface area contributed by atoms with Crippen LogP contribution in [0, 0.1) is 25.1 Å². The van der Waals surface area contributed by atoms with E-state index in [-0.39, 0.29) is 28.5 Å². The van der Waals surface area contributed by atoms with Gasteiger partial charge in [-0.3, -0.25) is 0 Å². The number of rotatable bonds is 3. The normalized spacial score (nSPS) is 13.9. The number of phenolic OH excluding ortho intramolecular Hbond substituents is 1. The predicted molar refractivity (Wildman–Crippen MR) is 127 cm³/mol. The average molecular weight is 460 g/mol. The van der Waals surface area contributed by atoms with Crippen molar-refractivity contribution in [1.82, 2.24) is 15.3 Å². The number of aromatic nitrogens is 2. The van der Waals surface area contributed by atoms with Crippen molar-refractivity contribution in [3.63, 3.8) is 0 Å². The highest BCUT2D eigenvalue weighted by Gasteiger charge is 2.25. The maximum absolute atomic E-state index is 14.6. The van der Waals surface area contributed by atoms with Crippen molar-refractivity contribution in [2.75, 3.05) is 38.2 Å².